The van der Waals surface area contributed by atoms with E-state index in [9.17, 15) is 0 Å². The predicted molar refractivity (Wildman–Crippen MR) is 102 cm³/mol. The third kappa shape index (κ3) is 3.87. The van der Waals surface area contributed by atoms with Gasteiger partial charge in [0, 0.05) is 5.69 Å². The molecule has 0 atom stereocenters. The van der Waals surface area contributed by atoms with E-state index < -0.39 is 0 Å². The Bertz CT molecular complexity index is 887. The Morgan fingerprint density at radius 3 is 2.32 bits per heavy atom. The van der Waals surface area contributed by atoms with Crippen LogP contribution in [-0.4, -0.2) is 17.1 Å². The van der Waals surface area contributed by atoms with Crippen LogP contribution in [-0.2, 0) is 0 Å². The number of hydrogen-bond donors (Lipinski definition) is 3. The average Bonchev–Trinajstić information content (AvgIpc) is 2.63. The molecule has 8 heteroatoms. The fraction of sp³-hybridized carbons (Fsp3) is 0.0588. The molecule has 3 aromatic rings. The molecule has 25 heavy (non-hydrogen) atoms. The van der Waals surface area contributed by atoms with E-state index in [1.807, 2.05) is 24.3 Å². The molecule has 0 fully saturated rings. The van der Waals surface area contributed by atoms with Gasteiger partial charge in [-0.2, -0.15) is 0 Å². The second-order valence-corrected chi connectivity index (χ2v) is 5.85. The summed E-state index contributed by atoms with van der Waals surface area (Å²) in [5.74, 6) is 1.66. The first-order chi connectivity index (χ1) is 12.1. The summed E-state index contributed by atoms with van der Waals surface area (Å²) >= 11 is 12.2. The van der Waals surface area contributed by atoms with E-state index in [2.05, 4.69) is 20.6 Å². The normalized spacial score (nSPS) is 10.4. The number of nitrogens with zero attached hydrogens (tertiary/aromatic N) is 2. The van der Waals surface area contributed by atoms with Crippen LogP contribution in [0.4, 0.5) is 28.7 Å². The highest BCUT2D eigenvalue weighted by atomic mass is 35.5. The molecule has 3 rings (SSSR count). The molecule has 0 amide bonds. The molecule has 6 nitrogen and oxygen atoms in total. The molecule has 0 bridgehead atoms. The van der Waals surface area contributed by atoms with E-state index in [1.165, 1.54) is 6.33 Å². The molecule has 0 aliphatic heterocycles. The maximum atomic E-state index is 6.19. The highest BCUT2D eigenvalue weighted by Crippen LogP contribution is 2.34. The molecule has 4 N–H and O–H groups in total. The van der Waals surface area contributed by atoms with Crippen molar-refractivity contribution in [3.05, 3.63) is 58.8 Å². The van der Waals surface area contributed by atoms with E-state index >= 15 is 0 Å². The van der Waals surface area contributed by atoms with Crippen LogP contribution in [0.5, 0.6) is 5.75 Å². The van der Waals surface area contributed by atoms with Gasteiger partial charge in [0.1, 0.15) is 17.8 Å². The van der Waals surface area contributed by atoms with Crippen molar-refractivity contribution in [2.24, 2.45) is 0 Å². The lowest BCUT2D eigenvalue weighted by Gasteiger charge is -2.14. The molecule has 0 aliphatic rings. The lowest BCUT2D eigenvalue weighted by Crippen LogP contribution is -2.05. The molecular weight excluding hydrogens is 361 g/mol. The van der Waals surface area contributed by atoms with Crippen LogP contribution in [0.3, 0.4) is 0 Å². The number of rotatable bonds is 5. The molecule has 0 saturated heterocycles. The predicted octanol–water partition coefficient (Wildman–Crippen LogP) is 4.86. The Morgan fingerprint density at radius 2 is 1.64 bits per heavy atom. The van der Waals surface area contributed by atoms with Crippen molar-refractivity contribution in [1.29, 1.82) is 0 Å². The molecule has 1 aromatic heterocycles. The molecule has 1 heterocycles. The quantitative estimate of drug-likeness (QED) is 0.590. The number of nitrogens with two attached hydrogens (primary N) is 1. The van der Waals surface area contributed by atoms with E-state index in [0.717, 1.165) is 11.4 Å². The first kappa shape index (κ1) is 17.1. The van der Waals surface area contributed by atoms with Crippen molar-refractivity contribution >= 4 is 51.9 Å². The third-order valence-corrected chi connectivity index (χ3v) is 4.26. The topological polar surface area (TPSA) is 85.1 Å². The molecule has 0 aliphatic carbocycles. The highest BCUT2D eigenvalue weighted by Gasteiger charge is 2.11. The SMILES string of the molecule is COc1ccc(Nc2ncnc(Nc3cccc(Cl)c3Cl)c2N)cc1. The number of methoxy groups -OCH3 is 1. The molecule has 0 spiro atoms. The number of ether oxygens (including phenoxy) is 1. The van der Waals surface area contributed by atoms with Gasteiger partial charge in [-0.1, -0.05) is 29.3 Å². The van der Waals surface area contributed by atoms with E-state index in [-0.39, 0.29) is 0 Å². The summed E-state index contributed by atoms with van der Waals surface area (Å²) in [5.41, 5.74) is 7.95. The standard InChI is InChI=1S/C17H15Cl2N5O/c1-25-11-7-5-10(6-8-11)23-16-15(20)17(22-9-21-16)24-13-4-2-3-12(18)14(13)19/h2-9H,20H2,1H3,(H2,21,22,23,24). The highest BCUT2D eigenvalue weighted by molar-refractivity contribution is 6.43. The fourth-order valence-electron chi connectivity index (χ4n) is 2.13. The molecular formula is C17H15Cl2N5O. The number of nitrogen functional groups attached to an aromatic ring is 1. The molecule has 0 unspecified atom stereocenters. The van der Waals surface area contributed by atoms with Gasteiger partial charge in [0.25, 0.3) is 0 Å². The number of halogens is 2. The van der Waals surface area contributed by atoms with E-state index in [1.54, 1.807) is 25.3 Å². The van der Waals surface area contributed by atoms with Crippen LogP contribution in [0, 0.1) is 0 Å². The first-order valence-electron chi connectivity index (χ1n) is 7.31. The van der Waals surface area contributed by atoms with Gasteiger partial charge in [-0.15, -0.1) is 0 Å². The Morgan fingerprint density at radius 1 is 0.960 bits per heavy atom. The molecule has 0 saturated carbocycles. The number of nitrogens with one attached hydrogen (secondary N) is 2. The summed E-state index contributed by atoms with van der Waals surface area (Å²) in [4.78, 5) is 8.35. The number of hydrogen-bond acceptors (Lipinski definition) is 6. The van der Waals surface area contributed by atoms with Crippen LogP contribution in [0.1, 0.15) is 0 Å². The number of aromatic nitrogens is 2. The van der Waals surface area contributed by atoms with Gasteiger partial charge in [0.2, 0.25) is 0 Å². The summed E-state index contributed by atoms with van der Waals surface area (Å²) in [6, 6.07) is 12.7. The van der Waals surface area contributed by atoms with Gasteiger partial charge in [0.05, 0.1) is 22.8 Å². The largest absolute Gasteiger partial charge is 0.497 e. The summed E-state index contributed by atoms with van der Waals surface area (Å²) < 4.78 is 5.14. The fourth-order valence-corrected chi connectivity index (χ4v) is 2.48. The Balaban J connectivity index is 1.85. The zero-order valence-corrected chi connectivity index (χ0v) is 14.8. The zero-order valence-electron chi connectivity index (χ0n) is 13.3. The Kier molecular flexibility index (Phi) is 5.11. The van der Waals surface area contributed by atoms with Crippen LogP contribution < -0.4 is 21.1 Å². The minimum Gasteiger partial charge on any atom is -0.497 e. The van der Waals surface area contributed by atoms with Crippen molar-refractivity contribution in [3.8, 4) is 5.75 Å². The number of anilines is 5. The maximum Gasteiger partial charge on any atom is 0.159 e. The monoisotopic (exact) mass is 375 g/mol. The van der Waals surface area contributed by atoms with Crippen molar-refractivity contribution in [2.45, 2.75) is 0 Å². The summed E-state index contributed by atoms with van der Waals surface area (Å²) in [6.07, 6.45) is 1.41. The maximum absolute atomic E-state index is 6.19. The lowest BCUT2D eigenvalue weighted by molar-refractivity contribution is 0.415. The molecule has 128 valence electrons. The van der Waals surface area contributed by atoms with Crippen LogP contribution in [0.15, 0.2) is 48.8 Å². The minimum atomic E-state index is 0.356. The zero-order chi connectivity index (χ0) is 17.8. The van der Waals surface area contributed by atoms with Gasteiger partial charge in [0.15, 0.2) is 11.6 Å². The second kappa shape index (κ2) is 7.46. The second-order valence-electron chi connectivity index (χ2n) is 5.06. The van der Waals surface area contributed by atoms with Crippen molar-refractivity contribution < 1.29 is 4.74 Å². The summed E-state index contributed by atoms with van der Waals surface area (Å²) in [5, 5.41) is 7.05. The van der Waals surface area contributed by atoms with Gasteiger partial charge in [-0.3, -0.25) is 0 Å². The van der Waals surface area contributed by atoms with Crippen molar-refractivity contribution in [1.82, 2.24) is 9.97 Å². The first-order valence-corrected chi connectivity index (χ1v) is 8.06. The smallest absolute Gasteiger partial charge is 0.159 e. The number of benzene rings is 2. The van der Waals surface area contributed by atoms with Crippen molar-refractivity contribution in [2.75, 3.05) is 23.5 Å². The summed E-state index contributed by atoms with van der Waals surface area (Å²) in [7, 11) is 1.61. The average molecular weight is 376 g/mol. The van der Waals surface area contributed by atoms with E-state index in [0.29, 0.717) is 33.1 Å². The Labute approximate surface area is 155 Å². The van der Waals surface area contributed by atoms with Crippen molar-refractivity contribution in [3.63, 3.8) is 0 Å². The van der Waals surface area contributed by atoms with Gasteiger partial charge >= 0.3 is 0 Å². The van der Waals surface area contributed by atoms with E-state index in [4.69, 9.17) is 33.7 Å². The Hall–Kier alpha value is -2.70. The third-order valence-electron chi connectivity index (χ3n) is 3.44. The van der Waals surface area contributed by atoms with Gasteiger partial charge < -0.3 is 21.1 Å². The van der Waals surface area contributed by atoms with Crippen LogP contribution >= 0.6 is 23.2 Å². The van der Waals surface area contributed by atoms with Gasteiger partial charge in [-0.25, -0.2) is 9.97 Å². The molecule has 0 radical (unpaired) electrons. The lowest BCUT2D eigenvalue weighted by atomic mass is 10.3. The minimum absolute atomic E-state index is 0.356. The van der Waals surface area contributed by atoms with Crippen LogP contribution in [0.25, 0.3) is 0 Å². The summed E-state index contributed by atoms with van der Waals surface area (Å²) in [6.45, 7) is 0. The van der Waals surface area contributed by atoms with Crippen LogP contribution in [0.2, 0.25) is 10.0 Å². The van der Waals surface area contributed by atoms with Gasteiger partial charge in [-0.05, 0) is 36.4 Å². The molecule has 2 aromatic carbocycles.